The first kappa shape index (κ1) is 22.3. The second-order valence-corrected chi connectivity index (χ2v) is 9.46. The van der Waals surface area contributed by atoms with E-state index in [4.69, 9.17) is 9.84 Å². The fourth-order valence-electron chi connectivity index (χ4n) is 5.41. The zero-order chi connectivity index (χ0) is 24.3. The third kappa shape index (κ3) is 4.42. The molecule has 4 heteroatoms. The molecule has 0 aromatic heterocycles. The lowest BCUT2D eigenvalue weighted by Gasteiger charge is -2.29. The third-order valence-electron chi connectivity index (χ3n) is 7.12. The molecule has 4 aromatic carbocycles. The van der Waals surface area contributed by atoms with Crippen LogP contribution in [0.15, 0.2) is 114 Å². The van der Waals surface area contributed by atoms with E-state index in [2.05, 4.69) is 48.5 Å². The van der Waals surface area contributed by atoms with Gasteiger partial charge in [-0.15, -0.1) is 0 Å². The Balaban J connectivity index is 1.29. The minimum absolute atomic E-state index is 0.0527. The summed E-state index contributed by atoms with van der Waals surface area (Å²) in [5.74, 6) is 0.742. The van der Waals surface area contributed by atoms with Crippen molar-refractivity contribution in [3.8, 4) is 5.75 Å². The van der Waals surface area contributed by atoms with E-state index in [1.165, 1.54) is 5.57 Å². The molecule has 4 aromatic rings. The highest BCUT2D eigenvalue weighted by Gasteiger charge is 2.43. The van der Waals surface area contributed by atoms with Gasteiger partial charge >= 0.3 is 0 Å². The van der Waals surface area contributed by atoms with Gasteiger partial charge in [0.15, 0.2) is 6.61 Å². The van der Waals surface area contributed by atoms with E-state index in [-0.39, 0.29) is 24.5 Å². The van der Waals surface area contributed by atoms with Crippen LogP contribution in [-0.4, -0.2) is 23.2 Å². The topological polar surface area (TPSA) is 41.9 Å². The van der Waals surface area contributed by atoms with Crippen molar-refractivity contribution < 1.29 is 9.53 Å². The molecule has 1 aliphatic carbocycles. The number of hydrogen-bond donors (Lipinski definition) is 0. The van der Waals surface area contributed by atoms with Gasteiger partial charge in [0.2, 0.25) is 0 Å². The van der Waals surface area contributed by atoms with Crippen LogP contribution >= 0.6 is 0 Å². The van der Waals surface area contributed by atoms with Crippen molar-refractivity contribution in [1.82, 2.24) is 5.01 Å². The Kier molecular flexibility index (Phi) is 6.08. The van der Waals surface area contributed by atoms with Gasteiger partial charge < -0.3 is 4.74 Å². The second kappa shape index (κ2) is 9.82. The maximum Gasteiger partial charge on any atom is 0.281 e. The zero-order valence-corrected chi connectivity index (χ0v) is 20.1. The first-order chi connectivity index (χ1) is 17.8. The van der Waals surface area contributed by atoms with Crippen molar-refractivity contribution in [1.29, 1.82) is 0 Å². The summed E-state index contributed by atoms with van der Waals surface area (Å²) in [6.07, 6.45) is 5.30. The summed E-state index contributed by atoms with van der Waals surface area (Å²) in [5, 5.41) is 8.88. The highest BCUT2D eigenvalue weighted by atomic mass is 16.5. The van der Waals surface area contributed by atoms with Gasteiger partial charge in [0.25, 0.3) is 5.91 Å². The average molecular weight is 473 g/mol. The van der Waals surface area contributed by atoms with Gasteiger partial charge in [-0.1, -0.05) is 91.0 Å². The van der Waals surface area contributed by atoms with E-state index < -0.39 is 0 Å². The SMILES string of the molecule is O=C(COc1ccc2ccccc2c1)N1N=C2/C(=C/c3ccccc3)CCC[C@@H]2[C@@H]1c1ccccc1. The molecular formula is C32H28N2O2. The number of fused-ring (bicyclic) bond motifs is 2. The number of hydrogen-bond acceptors (Lipinski definition) is 3. The number of allylic oxidation sites excluding steroid dienone is 1. The van der Waals surface area contributed by atoms with E-state index in [9.17, 15) is 4.79 Å². The van der Waals surface area contributed by atoms with Crippen LogP contribution in [0.5, 0.6) is 5.75 Å². The predicted octanol–water partition coefficient (Wildman–Crippen LogP) is 7.04. The van der Waals surface area contributed by atoms with Crippen molar-refractivity contribution >= 4 is 28.5 Å². The Morgan fingerprint density at radius 3 is 2.42 bits per heavy atom. The molecule has 0 spiro atoms. The van der Waals surface area contributed by atoms with E-state index >= 15 is 0 Å². The van der Waals surface area contributed by atoms with E-state index in [1.54, 1.807) is 5.01 Å². The normalized spacial score (nSPS) is 20.3. The molecular weight excluding hydrogens is 444 g/mol. The molecule has 1 fully saturated rings. The van der Waals surface area contributed by atoms with Gasteiger partial charge in [-0.05, 0) is 64.9 Å². The van der Waals surface area contributed by atoms with E-state index in [1.807, 2.05) is 60.7 Å². The minimum Gasteiger partial charge on any atom is -0.484 e. The van der Waals surface area contributed by atoms with Crippen LogP contribution < -0.4 is 4.74 Å². The van der Waals surface area contributed by atoms with Gasteiger partial charge in [0.05, 0.1) is 11.8 Å². The monoisotopic (exact) mass is 472 g/mol. The summed E-state index contributed by atoms with van der Waals surface area (Å²) in [6, 6.07) is 34.6. The van der Waals surface area contributed by atoms with Crippen LogP contribution in [0.4, 0.5) is 0 Å². The van der Waals surface area contributed by atoms with Gasteiger partial charge in [-0.25, -0.2) is 5.01 Å². The lowest BCUT2D eigenvalue weighted by atomic mass is 9.77. The Labute approximate surface area is 211 Å². The number of rotatable bonds is 5. The van der Waals surface area contributed by atoms with Crippen LogP contribution in [0.2, 0.25) is 0 Å². The first-order valence-electron chi connectivity index (χ1n) is 12.6. The molecule has 1 aliphatic heterocycles. The highest BCUT2D eigenvalue weighted by Crippen LogP contribution is 2.44. The highest BCUT2D eigenvalue weighted by molar-refractivity contribution is 6.08. The molecule has 0 bridgehead atoms. The molecule has 2 aliphatic rings. The summed E-state index contributed by atoms with van der Waals surface area (Å²) < 4.78 is 5.97. The molecule has 0 unspecified atom stereocenters. The number of hydrazone groups is 1. The largest absolute Gasteiger partial charge is 0.484 e. The van der Waals surface area contributed by atoms with Crippen LogP contribution in [0.3, 0.4) is 0 Å². The van der Waals surface area contributed by atoms with Crippen molar-refractivity contribution in [2.75, 3.05) is 6.61 Å². The van der Waals surface area contributed by atoms with E-state index in [0.29, 0.717) is 5.75 Å². The number of carbonyl (C=O) groups is 1. The molecule has 2 atom stereocenters. The molecule has 6 rings (SSSR count). The third-order valence-corrected chi connectivity index (χ3v) is 7.12. The lowest BCUT2D eigenvalue weighted by Crippen LogP contribution is -2.34. The molecule has 0 N–H and O–H groups in total. The standard InChI is InChI=1S/C32H28N2O2/c35-30(22-36-28-19-18-24-12-7-8-15-26(24)21-28)34-32(25-13-5-2-6-14-25)29-17-9-16-27(31(29)33-34)20-23-10-3-1-4-11-23/h1-8,10-15,18-21,29,32H,9,16-17,22H2/b27-20+/t29-,32-/m0/s1. The lowest BCUT2D eigenvalue weighted by molar-refractivity contribution is -0.135. The van der Waals surface area contributed by atoms with Gasteiger partial charge in [-0.3, -0.25) is 4.79 Å². The van der Waals surface area contributed by atoms with Crippen LogP contribution in [0, 0.1) is 5.92 Å². The van der Waals surface area contributed by atoms with Gasteiger partial charge in [0, 0.05) is 5.92 Å². The maximum absolute atomic E-state index is 13.5. The summed E-state index contributed by atoms with van der Waals surface area (Å²) >= 11 is 0. The molecule has 4 nitrogen and oxygen atoms in total. The Morgan fingerprint density at radius 1 is 0.889 bits per heavy atom. The summed E-state index contributed by atoms with van der Waals surface area (Å²) in [6.45, 7) is -0.0527. The number of ether oxygens (including phenoxy) is 1. The van der Waals surface area contributed by atoms with Crippen LogP contribution in [0.1, 0.15) is 36.4 Å². The summed E-state index contributed by atoms with van der Waals surface area (Å²) in [4.78, 5) is 13.5. The summed E-state index contributed by atoms with van der Waals surface area (Å²) in [7, 11) is 0. The predicted molar refractivity (Wildman–Crippen MR) is 145 cm³/mol. The molecule has 1 saturated carbocycles. The number of nitrogens with zero attached hydrogens (tertiary/aromatic N) is 2. The average Bonchev–Trinajstić information content (AvgIpc) is 3.33. The molecule has 1 heterocycles. The van der Waals surface area contributed by atoms with Gasteiger partial charge in [0.1, 0.15) is 5.75 Å². The fraction of sp³-hybridized carbons (Fsp3) is 0.188. The van der Waals surface area contributed by atoms with Crippen LogP contribution in [-0.2, 0) is 4.79 Å². The Hall–Kier alpha value is -4.18. The quantitative estimate of drug-likeness (QED) is 0.313. The maximum atomic E-state index is 13.5. The van der Waals surface area contributed by atoms with Crippen molar-refractivity contribution in [3.63, 3.8) is 0 Å². The molecule has 0 saturated heterocycles. The molecule has 36 heavy (non-hydrogen) atoms. The Bertz CT molecular complexity index is 1440. The Morgan fingerprint density at radius 2 is 1.61 bits per heavy atom. The molecule has 1 amide bonds. The van der Waals surface area contributed by atoms with Crippen LogP contribution in [0.25, 0.3) is 16.8 Å². The second-order valence-electron chi connectivity index (χ2n) is 9.46. The van der Waals surface area contributed by atoms with Crippen molar-refractivity contribution in [2.45, 2.75) is 25.3 Å². The summed E-state index contributed by atoms with van der Waals surface area (Å²) in [5.41, 5.74) is 4.54. The van der Waals surface area contributed by atoms with E-state index in [0.717, 1.165) is 46.9 Å². The number of benzene rings is 4. The first-order valence-corrected chi connectivity index (χ1v) is 12.6. The minimum atomic E-state index is -0.127. The smallest absolute Gasteiger partial charge is 0.281 e. The molecule has 178 valence electrons. The van der Waals surface area contributed by atoms with Gasteiger partial charge in [-0.2, -0.15) is 5.10 Å². The molecule has 0 radical (unpaired) electrons. The zero-order valence-electron chi connectivity index (χ0n) is 20.1. The number of amides is 1. The fourth-order valence-corrected chi connectivity index (χ4v) is 5.41. The van der Waals surface area contributed by atoms with Crippen molar-refractivity contribution in [3.05, 3.63) is 120 Å². The number of carbonyl (C=O) groups excluding carboxylic acids is 1. The van der Waals surface area contributed by atoms with Crippen molar-refractivity contribution in [2.24, 2.45) is 11.0 Å².